The Kier molecular flexibility index (Phi) is 38.2. The molecule has 0 bridgehead atoms. The van der Waals surface area contributed by atoms with E-state index in [9.17, 15) is 0 Å². The molecule has 0 radical (unpaired) electrons. The van der Waals surface area contributed by atoms with Crippen molar-refractivity contribution in [1.29, 1.82) is 0 Å². The number of hydrogen-bond acceptors (Lipinski definition) is 6. The number of hydrogen-bond donors (Lipinski definition) is 0. The molecule has 0 aliphatic heterocycles. The van der Waals surface area contributed by atoms with E-state index in [1.165, 1.54) is 0 Å². The standard InChI is InChI=1S/Ba.K.2NO3/c;;2*2-1(3)4/q+2;+1;2*-1. The molecule has 0 saturated heterocycles. The van der Waals surface area contributed by atoms with E-state index >= 15 is 0 Å². The van der Waals surface area contributed by atoms with Gasteiger partial charge in [0.15, 0.2) is 0 Å². The molecule has 0 amide bonds. The minimum Gasteiger partial charge on any atom is -0.356 e. The van der Waals surface area contributed by atoms with Gasteiger partial charge < -0.3 is 30.6 Å². The Bertz CT molecular complexity index is 73.7. The summed E-state index contributed by atoms with van der Waals surface area (Å²) in [4.78, 5) is 16.5. The van der Waals surface area contributed by atoms with Crippen LogP contribution in [0.15, 0.2) is 0 Å². The molecule has 0 N–H and O–H groups in total. The van der Waals surface area contributed by atoms with Crippen molar-refractivity contribution in [2.24, 2.45) is 0 Å². The summed E-state index contributed by atoms with van der Waals surface area (Å²) in [6, 6.07) is 0. The first kappa shape index (κ1) is 22.6. The second kappa shape index (κ2) is 16.9. The van der Waals surface area contributed by atoms with Gasteiger partial charge in [0.25, 0.3) is 0 Å². The predicted molar refractivity (Wildman–Crippen MR) is 26.5 cm³/mol. The van der Waals surface area contributed by atoms with Crippen molar-refractivity contribution < 1.29 is 61.6 Å². The van der Waals surface area contributed by atoms with Gasteiger partial charge in [0.2, 0.25) is 0 Å². The Labute approximate surface area is 138 Å². The molecule has 48 valence electrons. The summed E-state index contributed by atoms with van der Waals surface area (Å²) in [7, 11) is 0. The second-order valence-electron chi connectivity index (χ2n) is 0.447. The number of nitrogens with zero attached hydrogens (tertiary/aromatic N) is 2. The van der Waals surface area contributed by atoms with Gasteiger partial charge >= 0.3 is 100 Å². The molecule has 0 saturated carbocycles. The van der Waals surface area contributed by atoms with E-state index in [2.05, 4.69) is 0 Å². The summed E-state index contributed by atoms with van der Waals surface area (Å²) in [6.45, 7) is 0. The van der Waals surface area contributed by atoms with E-state index in [0.29, 0.717) is 0 Å². The van der Waals surface area contributed by atoms with Crippen molar-refractivity contribution in [2.45, 2.75) is 0 Å². The van der Waals surface area contributed by atoms with Crippen LogP contribution < -0.4 is 51.4 Å². The van der Waals surface area contributed by atoms with Gasteiger partial charge in [-0.1, -0.05) is 0 Å². The maximum Gasteiger partial charge on any atom is 2.00 e. The summed E-state index contributed by atoms with van der Waals surface area (Å²) in [6.07, 6.45) is 0. The van der Waals surface area contributed by atoms with Crippen LogP contribution in [0.3, 0.4) is 0 Å². The van der Waals surface area contributed by atoms with Gasteiger partial charge in [-0.05, 0) is 0 Å². The van der Waals surface area contributed by atoms with E-state index in [1.54, 1.807) is 0 Å². The molecule has 0 aliphatic rings. The third-order valence-corrected chi connectivity index (χ3v) is 0. The first-order valence-corrected chi connectivity index (χ1v) is 1.10. The van der Waals surface area contributed by atoms with Gasteiger partial charge in [-0.15, -0.1) is 0 Å². The average molecular weight is 300 g/mol. The van der Waals surface area contributed by atoms with Crippen LogP contribution in [0.4, 0.5) is 0 Å². The first-order valence-electron chi connectivity index (χ1n) is 1.10. The topological polar surface area (TPSA) is 132 Å². The van der Waals surface area contributed by atoms with Crippen LogP contribution in [0.2, 0.25) is 0 Å². The fourth-order valence-corrected chi connectivity index (χ4v) is 0. The fraction of sp³-hybridized carbons (Fsp3) is 0. The minimum absolute atomic E-state index is 0. The Hall–Kier alpha value is 1.61. The van der Waals surface area contributed by atoms with Crippen LogP contribution in [0, 0.1) is 30.6 Å². The Balaban J connectivity index is -0.0000000300. The molecule has 0 fully saturated rings. The second-order valence-corrected chi connectivity index (χ2v) is 0.447. The molecular formula is BaKN2O6+. The minimum atomic E-state index is -1.75. The zero-order valence-electron chi connectivity index (χ0n) is 5.05. The van der Waals surface area contributed by atoms with Crippen molar-refractivity contribution in [1.82, 2.24) is 0 Å². The summed E-state index contributed by atoms with van der Waals surface area (Å²) in [5.74, 6) is 0. The molecule has 0 aromatic carbocycles. The van der Waals surface area contributed by atoms with Gasteiger partial charge in [0.1, 0.15) is 0 Å². The van der Waals surface area contributed by atoms with Crippen molar-refractivity contribution in [3.63, 3.8) is 0 Å². The summed E-state index contributed by atoms with van der Waals surface area (Å²) in [5, 5.41) is 29.5. The molecule has 0 heterocycles. The van der Waals surface area contributed by atoms with E-state index in [-0.39, 0.29) is 100 Å². The molecule has 0 rings (SSSR count). The quantitative estimate of drug-likeness (QED) is 0.255. The molecular weight excluding hydrogens is 300 g/mol. The predicted octanol–water partition coefficient (Wildman–Crippen LogP) is -3.86. The molecule has 10 heteroatoms. The molecule has 0 aromatic heterocycles. The molecule has 0 aromatic rings. The van der Waals surface area contributed by atoms with Crippen molar-refractivity contribution in [3.05, 3.63) is 30.6 Å². The third-order valence-electron chi connectivity index (χ3n) is 0. The summed E-state index contributed by atoms with van der Waals surface area (Å²) < 4.78 is 0. The first-order chi connectivity index (χ1) is 3.46. The zero-order valence-corrected chi connectivity index (χ0v) is 12.6. The molecule has 0 atom stereocenters. The Morgan fingerprint density at radius 1 is 0.800 bits per heavy atom. The van der Waals surface area contributed by atoms with Crippen LogP contribution in [-0.2, 0) is 0 Å². The average Bonchev–Trinajstić information content (AvgIpc) is 1.25. The molecule has 10 heavy (non-hydrogen) atoms. The van der Waals surface area contributed by atoms with Crippen LogP contribution >= 0.6 is 0 Å². The maximum atomic E-state index is 8.25. The normalized spacial score (nSPS) is 4.80. The van der Waals surface area contributed by atoms with E-state index in [4.69, 9.17) is 30.6 Å². The number of rotatable bonds is 0. The summed E-state index contributed by atoms with van der Waals surface area (Å²) >= 11 is 0. The van der Waals surface area contributed by atoms with Crippen LogP contribution in [0.5, 0.6) is 0 Å². The fourth-order valence-electron chi connectivity index (χ4n) is 0. The van der Waals surface area contributed by atoms with Crippen molar-refractivity contribution in [2.75, 3.05) is 0 Å². The molecule has 0 aliphatic carbocycles. The summed E-state index contributed by atoms with van der Waals surface area (Å²) in [5.41, 5.74) is 0. The van der Waals surface area contributed by atoms with Gasteiger partial charge in [0, 0.05) is 0 Å². The van der Waals surface area contributed by atoms with E-state index in [1.807, 2.05) is 0 Å². The van der Waals surface area contributed by atoms with Gasteiger partial charge in [-0.25, -0.2) is 0 Å². The Morgan fingerprint density at radius 3 is 0.800 bits per heavy atom. The SMILES string of the molecule is O=[N+]([O-])[O-].O=[N+]([O-])[O-].[Ba+2].[K+]. The molecule has 8 nitrogen and oxygen atoms in total. The van der Waals surface area contributed by atoms with Crippen molar-refractivity contribution >= 4 is 48.9 Å². The molecule has 0 unspecified atom stereocenters. The monoisotopic (exact) mass is 301 g/mol. The zero-order chi connectivity index (χ0) is 7.15. The van der Waals surface area contributed by atoms with Gasteiger partial charge in [-0.3, -0.25) is 0 Å². The van der Waals surface area contributed by atoms with Crippen LogP contribution in [-0.4, -0.2) is 59.1 Å². The third kappa shape index (κ3) is 275. The van der Waals surface area contributed by atoms with Gasteiger partial charge in [-0.2, -0.15) is 0 Å². The van der Waals surface area contributed by atoms with Gasteiger partial charge in [0.05, 0.1) is 10.2 Å². The smallest absolute Gasteiger partial charge is 0.356 e. The maximum absolute atomic E-state index is 8.25. The van der Waals surface area contributed by atoms with Crippen molar-refractivity contribution in [3.8, 4) is 0 Å². The molecule has 0 spiro atoms. The largest absolute Gasteiger partial charge is 2.00 e. The Morgan fingerprint density at radius 2 is 0.800 bits per heavy atom. The van der Waals surface area contributed by atoms with Crippen LogP contribution in [0.25, 0.3) is 0 Å². The van der Waals surface area contributed by atoms with E-state index in [0.717, 1.165) is 0 Å². The van der Waals surface area contributed by atoms with E-state index < -0.39 is 10.2 Å². The van der Waals surface area contributed by atoms with Crippen LogP contribution in [0.1, 0.15) is 0 Å².